The van der Waals surface area contributed by atoms with Crippen LogP contribution in [0.4, 0.5) is 5.82 Å². The van der Waals surface area contributed by atoms with Crippen molar-refractivity contribution in [1.82, 2.24) is 29.6 Å². The Kier molecular flexibility index (Phi) is 3.88. The Balaban J connectivity index is 1.84. The van der Waals surface area contributed by atoms with Crippen molar-refractivity contribution in [2.45, 2.75) is 24.0 Å². The van der Waals surface area contributed by atoms with Crippen LogP contribution in [-0.4, -0.2) is 34.5 Å². The molecule has 3 aromatic heterocycles. The van der Waals surface area contributed by atoms with Crippen molar-refractivity contribution in [3.8, 4) is 5.69 Å². The topological polar surface area (TPSA) is 104 Å². The van der Waals surface area contributed by atoms with E-state index in [4.69, 9.17) is 0 Å². The Bertz CT molecular complexity index is 1110. The average molecular weight is 367 g/mol. The summed E-state index contributed by atoms with van der Waals surface area (Å²) in [5.41, 5.74) is 3.35. The van der Waals surface area contributed by atoms with Gasteiger partial charge in [0.1, 0.15) is 0 Å². The zero-order valence-electron chi connectivity index (χ0n) is 13.9. The molecular weight excluding hydrogens is 354 g/mol. The molecule has 0 unspecified atom stereocenters. The summed E-state index contributed by atoms with van der Waals surface area (Å²) >= 11 is 1.07. The first-order valence-corrected chi connectivity index (χ1v) is 8.52. The molecule has 0 N–H and O–H groups in total. The van der Waals surface area contributed by atoms with Crippen molar-refractivity contribution in [1.29, 1.82) is 0 Å². The van der Waals surface area contributed by atoms with Crippen molar-refractivity contribution in [3.05, 3.63) is 63.8 Å². The lowest BCUT2D eigenvalue weighted by Crippen LogP contribution is -2.04. The summed E-state index contributed by atoms with van der Waals surface area (Å²) in [7, 11) is 0. The van der Waals surface area contributed by atoms with Crippen LogP contribution in [0, 0.1) is 24.0 Å². The number of hydrogen-bond donors (Lipinski definition) is 0. The van der Waals surface area contributed by atoms with Crippen LogP contribution in [0.5, 0.6) is 0 Å². The summed E-state index contributed by atoms with van der Waals surface area (Å²) in [6, 6.07) is 11.1. The van der Waals surface area contributed by atoms with Gasteiger partial charge in [-0.05, 0) is 58.2 Å². The number of tetrazole rings is 1. The fraction of sp³-hybridized carbons (Fsp3) is 0.125. The fourth-order valence-electron chi connectivity index (χ4n) is 2.80. The highest BCUT2D eigenvalue weighted by atomic mass is 32.2. The summed E-state index contributed by atoms with van der Waals surface area (Å²) in [6.07, 6.45) is 1.61. The lowest BCUT2D eigenvalue weighted by molar-refractivity contribution is -0.393. The van der Waals surface area contributed by atoms with Gasteiger partial charge in [-0.25, -0.2) is 0 Å². The number of aryl methyl sites for hydroxylation is 2. The second-order valence-electron chi connectivity index (χ2n) is 5.64. The van der Waals surface area contributed by atoms with Gasteiger partial charge in [0.25, 0.3) is 0 Å². The Morgan fingerprint density at radius 1 is 1.12 bits per heavy atom. The van der Waals surface area contributed by atoms with Crippen molar-refractivity contribution < 1.29 is 4.92 Å². The van der Waals surface area contributed by atoms with Gasteiger partial charge >= 0.3 is 5.82 Å². The number of nitro groups is 1. The van der Waals surface area contributed by atoms with E-state index in [1.807, 2.05) is 32.0 Å². The summed E-state index contributed by atoms with van der Waals surface area (Å²) in [5.74, 6) is -0.110. The van der Waals surface area contributed by atoms with E-state index in [2.05, 4.69) is 20.5 Å². The molecule has 26 heavy (non-hydrogen) atoms. The lowest BCUT2D eigenvalue weighted by atomic mass is 10.1. The molecular formula is C16H13N7O2S. The average Bonchev–Trinajstić information content (AvgIpc) is 3.19. The Morgan fingerprint density at radius 2 is 1.88 bits per heavy atom. The second-order valence-corrected chi connectivity index (χ2v) is 6.60. The largest absolute Gasteiger partial charge is 0.362 e. The van der Waals surface area contributed by atoms with Crippen LogP contribution in [-0.2, 0) is 0 Å². The van der Waals surface area contributed by atoms with Gasteiger partial charge in [-0.1, -0.05) is 24.3 Å². The van der Waals surface area contributed by atoms with Gasteiger partial charge in [-0.15, -0.1) is 5.10 Å². The predicted octanol–water partition coefficient (Wildman–Crippen LogP) is 2.99. The molecule has 9 nitrogen and oxygen atoms in total. The van der Waals surface area contributed by atoms with E-state index in [-0.39, 0.29) is 10.8 Å². The third-order valence-corrected chi connectivity index (χ3v) is 4.83. The van der Waals surface area contributed by atoms with Crippen LogP contribution in [0.2, 0.25) is 0 Å². The molecule has 0 aliphatic rings. The highest BCUT2D eigenvalue weighted by Crippen LogP contribution is 2.35. The van der Waals surface area contributed by atoms with E-state index in [1.54, 1.807) is 29.1 Å². The maximum Gasteiger partial charge on any atom is 0.362 e. The first kappa shape index (κ1) is 16.2. The molecule has 0 saturated heterocycles. The SMILES string of the molecule is Cc1cccc(C)c1-n1nnnc1Sc1nc2ccccn2c1[N+](=O)[O-]. The number of benzene rings is 1. The molecule has 4 rings (SSSR count). The molecule has 3 heterocycles. The van der Waals surface area contributed by atoms with Crippen LogP contribution in [0.3, 0.4) is 0 Å². The number of fused-ring (bicyclic) bond motifs is 1. The minimum Gasteiger partial charge on any atom is -0.358 e. The summed E-state index contributed by atoms with van der Waals surface area (Å²) < 4.78 is 3.03. The third kappa shape index (κ3) is 2.60. The quantitative estimate of drug-likeness (QED) is 0.403. The number of rotatable bonds is 4. The number of pyridine rings is 1. The molecule has 0 bridgehead atoms. The maximum absolute atomic E-state index is 11.6. The van der Waals surface area contributed by atoms with Crippen LogP contribution in [0.1, 0.15) is 11.1 Å². The predicted molar refractivity (Wildman–Crippen MR) is 94.6 cm³/mol. The molecule has 1 aromatic carbocycles. The number of hydrogen-bond acceptors (Lipinski definition) is 7. The molecule has 130 valence electrons. The van der Waals surface area contributed by atoms with Crippen LogP contribution in [0.15, 0.2) is 52.8 Å². The minimum atomic E-state index is -0.449. The van der Waals surface area contributed by atoms with E-state index in [0.29, 0.717) is 10.8 Å². The van der Waals surface area contributed by atoms with Gasteiger partial charge in [0.05, 0.1) is 11.9 Å². The van der Waals surface area contributed by atoms with Crippen LogP contribution in [0.25, 0.3) is 11.3 Å². The van der Waals surface area contributed by atoms with Gasteiger partial charge in [0.2, 0.25) is 15.8 Å². The molecule has 0 aliphatic carbocycles. The van der Waals surface area contributed by atoms with Crippen LogP contribution >= 0.6 is 11.8 Å². The normalized spacial score (nSPS) is 11.2. The molecule has 0 radical (unpaired) electrons. The molecule has 0 aliphatic heterocycles. The van der Waals surface area contributed by atoms with Gasteiger partial charge in [-0.2, -0.15) is 14.1 Å². The van der Waals surface area contributed by atoms with Crippen molar-refractivity contribution in [3.63, 3.8) is 0 Å². The molecule has 0 spiro atoms. The number of imidazole rings is 1. The molecule has 0 atom stereocenters. The van der Waals surface area contributed by atoms with E-state index in [0.717, 1.165) is 28.6 Å². The van der Waals surface area contributed by atoms with E-state index in [1.165, 1.54) is 4.40 Å². The van der Waals surface area contributed by atoms with Gasteiger partial charge in [0, 0.05) is 6.07 Å². The lowest BCUT2D eigenvalue weighted by Gasteiger charge is -2.09. The van der Waals surface area contributed by atoms with Crippen molar-refractivity contribution in [2.75, 3.05) is 0 Å². The molecule has 4 aromatic rings. The highest BCUT2D eigenvalue weighted by Gasteiger charge is 2.26. The summed E-state index contributed by atoms with van der Waals surface area (Å²) in [6.45, 7) is 3.93. The zero-order valence-corrected chi connectivity index (χ0v) is 14.7. The minimum absolute atomic E-state index is 0.110. The van der Waals surface area contributed by atoms with Gasteiger partial charge in [-0.3, -0.25) is 0 Å². The number of nitrogens with zero attached hydrogens (tertiary/aromatic N) is 7. The number of para-hydroxylation sites is 1. The first-order valence-electron chi connectivity index (χ1n) is 7.70. The van der Waals surface area contributed by atoms with E-state index >= 15 is 0 Å². The monoisotopic (exact) mass is 367 g/mol. The third-order valence-electron chi connectivity index (χ3n) is 3.93. The summed E-state index contributed by atoms with van der Waals surface area (Å²) in [5, 5.41) is 24.1. The standard InChI is InChI=1S/C16H13N7O2S/c1-10-6-5-7-11(2)13(10)22-16(18-19-20-22)26-14-15(23(24)25)21-9-4-3-8-12(21)17-14/h3-9H,1-2H3. The fourth-order valence-corrected chi connectivity index (χ4v) is 3.67. The van der Waals surface area contributed by atoms with E-state index in [9.17, 15) is 10.1 Å². The van der Waals surface area contributed by atoms with Gasteiger partial charge < -0.3 is 10.1 Å². The Morgan fingerprint density at radius 3 is 2.62 bits per heavy atom. The summed E-state index contributed by atoms with van der Waals surface area (Å²) in [4.78, 5) is 15.5. The molecule has 0 fully saturated rings. The van der Waals surface area contributed by atoms with Gasteiger partial charge in [0.15, 0.2) is 0 Å². The highest BCUT2D eigenvalue weighted by molar-refractivity contribution is 7.99. The Labute approximate surface area is 151 Å². The van der Waals surface area contributed by atoms with Crippen molar-refractivity contribution >= 4 is 23.2 Å². The molecule has 10 heteroatoms. The molecule has 0 saturated carbocycles. The Hall–Kier alpha value is -3.27. The number of aromatic nitrogens is 6. The van der Waals surface area contributed by atoms with Crippen molar-refractivity contribution in [2.24, 2.45) is 0 Å². The zero-order chi connectivity index (χ0) is 18.3. The first-order chi connectivity index (χ1) is 12.6. The van der Waals surface area contributed by atoms with E-state index < -0.39 is 4.92 Å². The van der Waals surface area contributed by atoms with Crippen LogP contribution < -0.4 is 0 Å². The smallest absolute Gasteiger partial charge is 0.358 e. The molecule has 0 amide bonds. The second kappa shape index (κ2) is 6.23. The maximum atomic E-state index is 11.6.